The first-order valence-corrected chi connectivity index (χ1v) is 6.18. The van der Waals surface area contributed by atoms with Crippen molar-refractivity contribution >= 4 is 35.1 Å². The van der Waals surface area contributed by atoms with Crippen molar-refractivity contribution in [3.05, 3.63) is 33.6 Å². The Morgan fingerprint density at radius 2 is 2.11 bits per heavy atom. The number of halogens is 3. The lowest BCUT2D eigenvalue weighted by molar-refractivity contribution is -0.141. The first-order chi connectivity index (χ1) is 8.75. The second kappa shape index (κ2) is 4.65. The van der Waals surface area contributed by atoms with Crippen LogP contribution in [0.5, 0.6) is 0 Å². The molecule has 2 N–H and O–H groups in total. The van der Waals surface area contributed by atoms with Crippen molar-refractivity contribution < 1.29 is 19.1 Å². The van der Waals surface area contributed by atoms with Crippen LogP contribution in [-0.4, -0.2) is 23.0 Å². The molecule has 1 fully saturated rings. The van der Waals surface area contributed by atoms with Gasteiger partial charge in [0.2, 0.25) is 5.91 Å². The van der Waals surface area contributed by atoms with E-state index in [0.717, 1.165) is 6.07 Å². The van der Waals surface area contributed by atoms with Gasteiger partial charge >= 0.3 is 5.97 Å². The fraction of sp³-hybridized carbons (Fsp3) is 0.333. The third-order valence-electron chi connectivity index (χ3n) is 3.34. The molecular formula is C12H10Cl2FNO3. The Morgan fingerprint density at radius 3 is 2.68 bits per heavy atom. The van der Waals surface area contributed by atoms with Crippen molar-refractivity contribution in [1.82, 2.24) is 5.32 Å². The van der Waals surface area contributed by atoms with Crippen molar-refractivity contribution in [1.29, 1.82) is 0 Å². The fourth-order valence-electron chi connectivity index (χ4n) is 2.35. The quantitative estimate of drug-likeness (QED) is 0.824. The molecule has 2 unspecified atom stereocenters. The van der Waals surface area contributed by atoms with Crippen LogP contribution in [-0.2, 0) is 15.0 Å². The normalized spacial score (nSPS) is 26.3. The van der Waals surface area contributed by atoms with Crippen LogP contribution in [0.15, 0.2) is 12.1 Å². The summed E-state index contributed by atoms with van der Waals surface area (Å²) in [5.74, 6) is -2.31. The van der Waals surface area contributed by atoms with Crippen LogP contribution < -0.4 is 5.32 Å². The predicted octanol–water partition coefficient (Wildman–Crippen LogP) is 2.36. The molecule has 0 saturated carbocycles. The van der Waals surface area contributed by atoms with Crippen molar-refractivity contribution in [2.24, 2.45) is 0 Å². The molecule has 1 aliphatic rings. The van der Waals surface area contributed by atoms with Gasteiger partial charge in [-0.1, -0.05) is 30.1 Å². The summed E-state index contributed by atoms with van der Waals surface area (Å²) in [6.45, 7) is 1.55. The van der Waals surface area contributed by atoms with Gasteiger partial charge in [0.25, 0.3) is 0 Å². The van der Waals surface area contributed by atoms with E-state index in [0.29, 0.717) is 0 Å². The van der Waals surface area contributed by atoms with Crippen molar-refractivity contribution in [2.75, 3.05) is 0 Å². The van der Waals surface area contributed by atoms with Crippen LogP contribution in [0.2, 0.25) is 10.0 Å². The van der Waals surface area contributed by atoms with Gasteiger partial charge in [0.1, 0.15) is 11.9 Å². The minimum atomic E-state index is -1.19. The van der Waals surface area contributed by atoms with Gasteiger partial charge in [-0.15, -0.1) is 0 Å². The maximum atomic E-state index is 13.6. The molecule has 0 bridgehead atoms. The monoisotopic (exact) mass is 305 g/mol. The van der Waals surface area contributed by atoms with E-state index in [4.69, 9.17) is 28.3 Å². The number of carboxylic acid groups (broad SMARTS) is 1. The molecule has 2 atom stereocenters. The zero-order valence-corrected chi connectivity index (χ0v) is 11.3. The van der Waals surface area contributed by atoms with E-state index >= 15 is 0 Å². The molecule has 7 heteroatoms. The van der Waals surface area contributed by atoms with Gasteiger partial charge in [-0.25, -0.2) is 9.18 Å². The number of carboxylic acids is 1. The maximum absolute atomic E-state index is 13.6. The largest absolute Gasteiger partial charge is 0.480 e. The van der Waals surface area contributed by atoms with Crippen LogP contribution >= 0.6 is 23.2 Å². The maximum Gasteiger partial charge on any atom is 0.327 e. The molecule has 1 saturated heterocycles. The highest BCUT2D eigenvalue weighted by molar-refractivity contribution is 6.35. The van der Waals surface area contributed by atoms with E-state index < -0.39 is 29.2 Å². The summed E-state index contributed by atoms with van der Waals surface area (Å²) in [5, 5.41) is 11.5. The lowest BCUT2D eigenvalue weighted by Crippen LogP contribution is -2.45. The van der Waals surface area contributed by atoms with E-state index in [-0.39, 0.29) is 22.0 Å². The molecule has 1 aromatic rings. The number of nitrogens with one attached hydrogen (secondary N) is 1. The average molecular weight is 306 g/mol. The molecule has 0 spiro atoms. The highest BCUT2D eigenvalue weighted by Crippen LogP contribution is 2.41. The molecule has 19 heavy (non-hydrogen) atoms. The zero-order valence-electron chi connectivity index (χ0n) is 9.84. The summed E-state index contributed by atoms with van der Waals surface area (Å²) in [6, 6.07) is 1.14. The van der Waals surface area contributed by atoms with Crippen LogP contribution in [0.4, 0.5) is 4.39 Å². The van der Waals surface area contributed by atoms with Crippen LogP contribution in [0.3, 0.4) is 0 Å². The molecular weight excluding hydrogens is 296 g/mol. The lowest BCUT2D eigenvalue weighted by atomic mass is 9.76. The highest BCUT2D eigenvalue weighted by atomic mass is 35.5. The molecule has 4 nitrogen and oxygen atoms in total. The number of aliphatic carboxylic acids is 1. The van der Waals surface area contributed by atoms with Crippen LogP contribution in [0, 0.1) is 5.82 Å². The minimum absolute atomic E-state index is 0.0786. The SMILES string of the molecule is CC1(c2cc(F)c(Cl)cc2Cl)CC(=O)NC1C(=O)O. The molecule has 0 radical (unpaired) electrons. The third-order valence-corrected chi connectivity index (χ3v) is 3.94. The lowest BCUT2D eigenvalue weighted by Gasteiger charge is -2.28. The van der Waals surface area contributed by atoms with Gasteiger partial charge in [0.15, 0.2) is 0 Å². The molecule has 1 amide bonds. The van der Waals surface area contributed by atoms with Crippen molar-refractivity contribution in [2.45, 2.75) is 24.8 Å². The van der Waals surface area contributed by atoms with E-state index in [2.05, 4.69) is 5.32 Å². The summed E-state index contributed by atoms with van der Waals surface area (Å²) in [7, 11) is 0. The smallest absolute Gasteiger partial charge is 0.327 e. The summed E-state index contributed by atoms with van der Waals surface area (Å²) in [6.07, 6.45) is -0.0786. The van der Waals surface area contributed by atoms with Crippen molar-refractivity contribution in [3.63, 3.8) is 0 Å². The summed E-state index contributed by atoms with van der Waals surface area (Å²) < 4.78 is 13.6. The number of amides is 1. The number of hydrogen-bond acceptors (Lipinski definition) is 2. The Kier molecular flexibility index (Phi) is 3.45. The second-order valence-electron chi connectivity index (χ2n) is 4.68. The zero-order chi connectivity index (χ0) is 14.4. The topological polar surface area (TPSA) is 66.4 Å². The Balaban J connectivity index is 2.58. The minimum Gasteiger partial charge on any atom is -0.480 e. The standard InChI is InChI=1S/C12H10Cl2FNO3/c1-12(4-9(17)16-10(12)11(18)19)5-2-8(15)7(14)3-6(5)13/h2-3,10H,4H2,1H3,(H,16,17)(H,18,19). The highest BCUT2D eigenvalue weighted by Gasteiger charge is 2.49. The van der Waals surface area contributed by atoms with Gasteiger partial charge in [-0.2, -0.15) is 0 Å². The van der Waals surface area contributed by atoms with Crippen LogP contribution in [0.25, 0.3) is 0 Å². The van der Waals surface area contributed by atoms with Gasteiger partial charge in [-0.3, -0.25) is 4.79 Å². The Morgan fingerprint density at radius 1 is 1.47 bits per heavy atom. The Bertz CT molecular complexity index is 578. The average Bonchev–Trinajstić information content (AvgIpc) is 2.60. The molecule has 1 heterocycles. The van der Waals surface area contributed by atoms with Gasteiger partial charge in [-0.05, 0) is 17.7 Å². The van der Waals surface area contributed by atoms with Gasteiger partial charge in [0, 0.05) is 16.9 Å². The summed E-state index contributed by atoms with van der Waals surface area (Å²) in [4.78, 5) is 22.7. The number of carbonyl (C=O) groups excluding carboxylic acids is 1. The first-order valence-electron chi connectivity index (χ1n) is 5.43. The number of carbonyl (C=O) groups is 2. The van der Waals surface area contributed by atoms with Gasteiger partial charge in [0.05, 0.1) is 5.02 Å². The van der Waals surface area contributed by atoms with Crippen molar-refractivity contribution in [3.8, 4) is 0 Å². The first kappa shape index (κ1) is 14.1. The Labute approximate surface area is 118 Å². The van der Waals surface area contributed by atoms with E-state index in [1.165, 1.54) is 6.07 Å². The summed E-state index contributed by atoms with van der Waals surface area (Å²) in [5.41, 5.74) is -0.868. The van der Waals surface area contributed by atoms with Crippen LogP contribution in [0.1, 0.15) is 18.9 Å². The third kappa shape index (κ3) is 2.28. The van der Waals surface area contributed by atoms with Gasteiger partial charge < -0.3 is 10.4 Å². The van der Waals surface area contributed by atoms with E-state index in [1.807, 2.05) is 0 Å². The molecule has 102 valence electrons. The summed E-state index contributed by atoms with van der Waals surface area (Å²) >= 11 is 11.6. The number of benzene rings is 1. The molecule has 1 aliphatic heterocycles. The number of hydrogen-bond donors (Lipinski definition) is 2. The molecule has 1 aromatic carbocycles. The Hall–Kier alpha value is -1.33. The molecule has 0 aromatic heterocycles. The number of rotatable bonds is 2. The van der Waals surface area contributed by atoms with E-state index in [9.17, 15) is 14.0 Å². The second-order valence-corrected chi connectivity index (χ2v) is 5.49. The molecule has 2 rings (SSSR count). The van der Waals surface area contributed by atoms with E-state index in [1.54, 1.807) is 6.92 Å². The fourth-order valence-corrected chi connectivity index (χ4v) is 2.95. The molecule has 0 aliphatic carbocycles. The predicted molar refractivity (Wildman–Crippen MR) is 68.0 cm³/mol.